The number of hydrogen-bond acceptors (Lipinski definition) is 7. The molecule has 0 fully saturated rings. The van der Waals surface area contributed by atoms with Crippen LogP contribution in [0.1, 0.15) is 18.3 Å². The van der Waals surface area contributed by atoms with Crippen molar-refractivity contribution in [1.82, 2.24) is 25.4 Å². The molecule has 1 atom stereocenters. The number of urea groups is 1. The molecule has 1 heterocycles. The van der Waals surface area contributed by atoms with Crippen LogP contribution < -0.4 is 10.6 Å². The Hall–Kier alpha value is -2.88. The van der Waals surface area contributed by atoms with Crippen LogP contribution in [0.25, 0.3) is 0 Å². The first-order valence-electron chi connectivity index (χ1n) is 8.19. The predicted octanol–water partition coefficient (Wildman–Crippen LogP) is 1.11. The molecule has 0 aliphatic rings. The number of carbonyl (C=O) groups is 3. The smallest absolute Gasteiger partial charge is 0.321 e. The van der Waals surface area contributed by atoms with Crippen molar-refractivity contribution in [3.8, 4) is 0 Å². The highest BCUT2D eigenvalue weighted by Gasteiger charge is 2.20. The van der Waals surface area contributed by atoms with Crippen molar-refractivity contribution < 1.29 is 19.1 Å². The summed E-state index contributed by atoms with van der Waals surface area (Å²) in [4.78, 5) is 34.8. The van der Waals surface area contributed by atoms with E-state index in [0.717, 1.165) is 11.4 Å². The van der Waals surface area contributed by atoms with E-state index in [4.69, 9.17) is 4.74 Å². The molecule has 1 aromatic carbocycles. The van der Waals surface area contributed by atoms with E-state index in [1.165, 1.54) is 25.7 Å². The van der Waals surface area contributed by atoms with Gasteiger partial charge in [-0.3, -0.25) is 14.9 Å². The van der Waals surface area contributed by atoms with Crippen molar-refractivity contribution in [1.29, 1.82) is 0 Å². The monoisotopic (exact) mass is 391 g/mol. The molecule has 0 spiro atoms. The van der Waals surface area contributed by atoms with E-state index in [1.807, 2.05) is 47.1 Å². The van der Waals surface area contributed by atoms with Crippen LogP contribution in [-0.4, -0.2) is 51.6 Å². The van der Waals surface area contributed by atoms with Gasteiger partial charge >= 0.3 is 12.0 Å². The molecular weight excluding hydrogens is 370 g/mol. The van der Waals surface area contributed by atoms with E-state index in [1.54, 1.807) is 0 Å². The third-order valence-corrected chi connectivity index (χ3v) is 4.49. The van der Waals surface area contributed by atoms with Gasteiger partial charge in [-0.25, -0.2) is 4.79 Å². The highest BCUT2D eigenvalue weighted by atomic mass is 32.2. The number of aryl methyl sites for hydroxylation is 1. The zero-order valence-electron chi connectivity index (χ0n) is 15.3. The predicted molar refractivity (Wildman–Crippen MR) is 99.2 cm³/mol. The molecule has 0 aliphatic heterocycles. The molecule has 2 N–H and O–H groups in total. The van der Waals surface area contributed by atoms with Crippen molar-refractivity contribution in [3.63, 3.8) is 0 Å². The highest BCUT2D eigenvalue weighted by Crippen LogP contribution is 2.19. The quantitative estimate of drug-likeness (QED) is 0.537. The van der Waals surface area contributed by atoms with E-state index in [9.17, 15) is 14.4 Å². The minimum atomic E-state index is -1.08. The maximum Gasteiger partial charge on any atom is 0.321 e. The van der Waals surface area contributed by atoms with Crippen LogP contribution >= 0.6 is 11.8 Å². The normalized spacial score (nSPS) is 11.5. The fraction of sp³-hybridized carbons (Fsp3) is 0.353. The summed E-state index contributed by atoms with van der Waals surface area (Å²) in [6.07, 6.45) is -1.08. The second kappa shape index (κ2) is 9.72. The molecule has 10 heteroatoms. The van der Waals surface area contributed by atoms with Crippen molar-refractivity contribution >= 4 is 29.7 Å². The Morgan fingerprint density at radius 3 is 2.59 bits per heavy atom. The molecule has 27 heavy (non-hydrogen) atoms. The van der Waals surface area contributed by atoms with E-state index in [2.05, 4.69) is 15.5 Å². The van der Waals surface area contributed by atoms with Crippen LogP contribution in [0, 0.1) is 6.92 Å². The minimum Gasteiger partial charge on any atom is -0.452 e. The van der Waals surface area contributed by atoms with Gasteiger partial charge in [0.2, 0.25) is 0 Å². The molecule has 9 nitrogen and oxygen atoms in total. The van der Waals surface area contributed by atoms with Crippen molar-refractivity contribution in [2.24, 2.45) is 0 Å². The lowest BCUT2D eigenvalue weighted by Crippen LogP contribution is -2.43. The third-order valence-electron chi connectivity index (χ3n) is 3.55. The SMILES string of the molecule is CNC(=O)NC(=O)[C@H](C)OC(=O)CSc1nnc(C)n1Cc1ccccc1. The summed E-state index contributed by atoms with van der Waals surface area (Å²) in [5.41, 5.74) is 1.09. The molecule has 144 valence electrons. The van der Waals surface area contributed by atoms with Crippen LogP contribution in [0.15, 0.2) is 35.5 Å². The number of amides is 3. The molecule has 0 aliphatic carbocycles. The molecule has 0 bridgehead atoms. The summed E-state index contributed by atoms with van der Waals surface area (Å²) < 4.78 is 6.93. The van der Waals surface area contributed by atoms with E-state index in [0.29, 0.717) is 11.7 Å². The zero-order valence-corrected chi connectivity index (χ0v) is 16.1. The van der Waals surface area contributed by atoms with Crippen LogP contribution in [-0.2, 0) is 20.9 Å². The third kappa shape index (κ3) is 6.10. The number of ether oxygens (including phenoxy) is 1. The summed E-state index contributed by atoms with van der Waals surface area (Å²) in [7, 11) is 1.38. The number of esters is 1. The summed E-state index contributed by atoms with van der Waals surface area (Å²) in [6.45, 7) is 3.81. The maximum atomic E-state index is 12.0. The molecule has 1 aromatic heterocycles. The largest absolute Gasteiger partial charge is 0.452 e. The molecule has 0 saturated heterocycles. The molecular formula is C17H21N5O4S. The van der Waals surface area contributed by atoms with Gasteiger partial charge in [0.1, 0.15) is 5.82 Å². The summed E-state index contributed by atoms with van der Waals surface area (Å²) in [5, 5.41) is 13.0. The Morgan fingerprint density at radius 1 is 1.22 bits per heavy atom. The lowest BCUT2D eigenvalue weighted by Gasteiger charge is -2.12. The Balaban J connectivity index is 1.90. The number of nitrogens with zero attached hydrogens (tertiary/aromatic N) is 3. The van der Waals surface area contributed by atoms with Crippen molar-refractivity contribution in [2.75, 3.05) is 12.8 Å². The minimum absolute atomic E-state index is 0.0372. The van der Waals surface area contributed by atoms with Crippen molar-refractivity contribution in [3.05, 3.63) is 41.7 Å². The molecule has 2 aromatic rings. The number of aromatic nitrogens is 3. The first-order valence-corrected chi connectivity index (χ1v) is 9.18. The molecule has 0 saturated carbocycles. The van der Waals surface area contributed by atoms with Gasteiger partial charge in [0.05, 0.1) is 12.3 Å². The number of hydrogen-bond donors (Lipinski definition) is 2. The van der Waals surface area contributed by atoms with Gasteiger partial charge in [-0.15, -0.1) is 10.2 Å². The Morgan fingerprint density at radius 2 is 1.93 bits per heavy atom. The van der Waals surface area contributed by atoms with Crippen LogP contribution in [0.4, 0.5) is 4.79 Å². The van der Waals surface area contributed by atoms with Gasteiger partial charge < -0.3 is 14.6 Å². The Kier molecular flexibility index (Phi) is 7.35. The van der Waals surface area contributed by atoms with E-state index >= 15 is 0 Å². The number of rotatable bonds is 7. The van der Waals surface area contributed by atoms with Crippen LogP contribution in [0.3, 0.4) is 0 Å². The fourth-order valence-electron chi connectivity index (χ4n) is 2.10. The van der Waals surface area contributed by atoms with E-state index < -0.39 is 24.0 Å². The van der Waals surface area contributed by atoms with Gasteiger partial charge in [-0.1, -0.05) is 42.1 Å². The van der Waals surface area contributed by atoms with Crippen LogP contribution in [0.5, 0.6) is 0 Å². The Labute approximate surface area is 160 Å². The van der Waals surface area contributed by atoms with Crippen molar-refractivity contribution in [2.45, 2.75) is 31.7 Å². The first kappa shape index (κ1) is 20.4. The molecule has 3 amide bonds. The topological polar surface area (TPSA) is 115 Å². The number of imide groups is 1. The number of carbonyl (C=O) groups excluding carboxylic acids is 3. The maximum absolute atomic E-state index is 12.0. The fourth-order valence-corrected chi connectivity index (χ4v) is 2.87. The average Bonchev–Trinajstić information content (AvgIpc) is 3.00. The number of benzene rings is 1. The van der Waals surface area contributed by atoms with Gasteiger partial charge in [0.25, 0.3) is 5.91 Å². The summed E-state index contributed by atoms with van der Waals surface area (Å²) in [6, 6.07) is 9.16. The standard InChI is InChI=1S/C17H21N5O4S/c1-11(15(24)19-16(25)18-3)26-14(23)10-27-17-21-20-12(2)22(17)9-13-7-5-4-6-8-13/h4-8,11H,9-10H2,1-3H3,(H2,18,19,24,25)/t11-/m0/s1. The lowest BCUT2D eigenvalue weighted by molar-refractivity contribution is -0.151. The number of thioether (sulfide) groups is 1. The van der Waals surface area contributed by atoms with Gasteiger partial charge in [-0.2, -0.15) is 0 Å². The average molecular weight is 391 g/mol. The second-order valence-electron chi connectivity index (χ2n) is 5.59. The zero-order chi connectivity index (χ0) is 19.8. The first-order chi connectivity index (χ1) is 12.9. The van der Waals surface area contributed by atoms with Gasteiger partial charge in [0.15, 0.2) is 11.3 Å². The van der Waals surface area contributed by atoms with Gasteiger partial charge in [0, 0.05) is 7.05 Å². The Bertz CT molecular complexity index is 809. The molecule has 0 unspecified atom stereocenters. The molecule has 2 rings (SSSR count). The van der Waals surface area contributed by atoms with Gasteiger partial charge in [-0.05, 0) is 19.4 Å². The second-order valence-corrected chi connectivity index (χ2v) is 6.53. The lowest BCUT2D eigenvalue weighted by atomic mass is 10.2. The number of nitrogens with one attached hydrogen (secondary N) is 2. The summed E-state index contributed by atoms with van der Waals surface area (Å²) >= 11 is 1.17. The van der Waals surface area contributed by atoms with E-state index in [-0.39, 0.29) is 5.75 Å². The summed E-state index contributed by atoms with van der Waals surface area (Å²) in [5.74, 6) is -0.597. The highest BCUT2D eigenvalue weighted by molar-refractivity contribution is 7.99. The van der Waals surface area contributed by atoms with Crippen LogP contribution in [0.2, 0.25) is 0 Å². The molecule has 0 radical (unpaired) electrons.